The summed E-state index contributed by atoms with van der Waals surface area (Å²) in [7, 11) is 0. The summed E-state index contributed by atoms with van der Waals surface area (Å²) in [5.41, 5.74) is 4.18. The molecule has 0 radical (unpaired) electrons. The van der Waals surface area contributed by atoms with E-state index in [2.05, 4.69) is 29.4 Å². The zero-order valence-electron chi connectivity index (χ0n) is 13.3. The number of anilines is 1. The summed E-state index contributed by atoms with van der Waals surface area (Å²) in [5.74, 6) is 0.355. The van der Waals surface area contributed by atoms with E-state index in [1.165, 1.54) is 5.56 Å². The fourth-order valence-electron chi connectivity index (χ4n) is 2.33. The van der Waals surface area contributed by atoms with Gasteiger partial charge in [0.2, 0.25) is 0 Å². The van der Waals surface area contributed by atoms with Crippen LogP contribution in [0.3, 0.4) is 0 Å². The number of rotatable bonds is 4. The van der Waals surface area contributed by atoms with Crippen molar-refractivity contribution in [2.24, 2.45) is 0 Å². The molecule has 4 nitrogen and oxygen atoms in total. The van der Waals surface area contributed by atoms with Gasteiger partial charge in [-0.25, -0.2) is 4.98 Å². The average molecular weight is 305 g/mol. The van der Waals surface area contributed by atoms with Gasteiger partial charge in [0.15, 0.2) is 5.82 Å². The second-order valence-electron chi connectivity index (χ2n) is 5.63. The molecule has 0 spiro atoms. The van der Waals surface area contributed by atoms with Crippen molar-refractivity contribution in [3.05, 3.63) is 88.0 Å². The lowest BCUT2D eigenvalue weighted by Crippen LogP contribution is -2.23. The smallest absolute Gasteiger partial charge is 0.297 e. The van der Waals surface area contributed by atoms with Crippen molar-refractivity contribution in [2.75, 3.05) is 5.32 Å². The monoisotopic (exact) mass is 305 g/mol. The van der Waals surface area contributed by atoms with Crippen LogP contribution < -0.4 is 10.9 Å². The average Bonchev–Trinajstić information content (AvgIpc) is 2.56. The molecule has 3 rings (SSSR count). The molecular weight excluding hydrogens is 286 g/mol. The number of hydrogen-bond donors (Lipinski definition) is 1. The SMILES string of the molecule is Cc1ccc(CNc2nccn(-c3ccc(C)cc3)c2=O)cc1. The summed E-state index contributed by atoms with van der Waals surface area (Å²) >= 11 is 0. The van der Waals surface area contributed by atoms with Crippen molar-refractivity contribution < 1.29 is 0 Å². The highest BCUT2D eigenvalue weighted by atomic mass is 16.1. The van der Waals surface area contributed by atoms with E-state index in [0.717, 1.165) is 16.8 Å². The molecule has 1 heterocycles. The van der Waals surface area contributed by atoms with E-state index >= 15 is 0 Å². The highest BCUT2D eigenvalue weighted by Crippen LogP contribution is 2.09. The number of benzene rings is 2. The van der Waals surface area contributed by atoms with Crippen molar-refractivity contribution in [1.29, 1.82) is 0 Å². The Hall–Kier alpha value is -2.88. The van der Waals surface area contributed by atoms with Crippen LogP contribution >= 0.6 is 0 Å². The van der Waals surface area contributed by atoms with Crippen LogP contribution in [0.1, 0.15) is 16.7 Å². The molecule has 3 aromatic rings. The highest BCUT2D eigenvalue weighted by Gasteiger charge is 2.06. The Kier molecular flexibility index (Phi) is 4.24. The quantitative estimate of drug-likeness (QED) is 0.803. The van der Waals surface area contributed by atoms with E-state index in [1.807, 2.05) is 43.3 Å². The zero-order chi connectivity index (χ0) is 16.2. The molecule has 0 bridgehead atoms. The molecule has 116 valence electrons. The Balaban J connectivity index is 1.83. The third kappa shape index (κ3) is 3.48. The van der Waals surface area contributed by atoms with Crippen LogP contribution in [-0.4, -0.2) is 9.55 Å². The number of aryl methyl sites for hydroxylation is 2. The predicted octanol–water partition coefficient (Wildman–Crippen LogP) is 3.46. The van der Waals surface area contributed by atoms with Gasteiger partial charge in [-0.05, 0) is 31.5 Å². The third-order valence-corrected chi connectivity index (χ3v) is 3.73. The summed E-state index contributed by atoms with van der Waals surface area (Å²) in [4.78, 5) is 16.7. The minimum absolute atomic E-state index is 0.150. The lowest BCUT2D eigenvalue weighted by atomic mass is 10.1. The summed E-state index contributed by atoms with van der Waals surface area (Å²) in [6, 6.07) is 16.0. The normalized spacial score (nSPS) is 10.5. The maximum atomic E-state index is 12.6. The summed E-state index contributed by atoms with van der Waals surface area (Å²) in [6.07, 6.45) is 3.32. The van der Waals surface area contributed by atoms with Crippen LogP contribution in [0, 0.1) is 13.8 Å². The second-order valence-corrected chi connectivity index (χ2v) is 5.63. The van der Waals surface area contributed by atoms with Crippen LogP contribution in [-0.2, 0) is 6.54 Å². The lowest BCUT2D eigenvalue weighted by molar-refractivity contribution is 0.944. The van der Waals surface area contributed by atoms with E-state index in [0.29, 0.717) is 12.4 Å². The molecule has 0 atom stereocenters. The first kappa shape index (κ1) is 15.0. The number of hydrogen-bond acceptors (Lipinski definition) is 3. The van der Waals surface area contributed by atoms with Crippen molar-refractivity contribution >= 4 is 5.82 Å². The van der Waals surface area contributed by atoms with Crippen molar-refractivity contribution in [3.8, 4) is 5.69 Å². The number of aromatic nitrogens is 2. The standard InChI is InChI=1S/C19H19N3O/c1-14-3-7-16(8-4-14)13-21-18-19(23)22(12-11-20-18)17-9-5-15(2)6-10-17/h3-12H,13H2,1-2H3,(H,20,21). The molecule has 0 unspecified atom stereocenters. The van der Waals surface area contributed by atoms with Gasteiger partial charge in [-0.3, -0.25) is 9.36 Å². The fraction of sp³-hybridized carbons (Fsp3) is 0.158. The zero-order valence-corrected chi connectivity index (χ0v) is 13.3. The van der Waals surface area contributed by atoms with E-state index in [-0.39, 0.29) is 5.56 Å². The third-order valence-electron chi connectivity index (χ3n) is 3.73. The Bertz CT molecular complexity index is 849. The maximum absolute atomic E-state index is 12.6. The second kappa shape index (κ2) is 6.48. The van der Waals surface area contributed by atoms with Crippen LogP contribution in [0.15, 0.2) is 65.7 Å². The molecule has 0 saturated carbocycles. The Morgan fingerprint density at radius 3 is 2.22 bits per heavy atom. The van der Waals surface area contributed by atoms with Gasteiger partial charge in [0, 0.05) is 24.6 Å². The van der Waals surface area contributed by atoms with Gasteiger partial charge in [-0.1, -0.05) is 47.5 Å². The molecule has 0 amide bonds. The molecule has 0 fully saturated rings. The minimum atomic E-state index is -0.150. The molecule has 0 aliphatic rings. The molecule has 0 aliphatic heterocycles. The van der Waals surface area contributed by atoms with Gasteiger partial charge in [-0.2, -0.15) is 0 Å². The first-order valence-corrected chi connectivity index (χ1v) is 7.57. The number of nitrogens with one attached hydrogen (secondary N) is 1. The molecule has 23 heavy (non-hydrogen) atoms. The molecule has 1 aromatic heterocycles. The maximum Gasteiger partial charge on any atom is 0.297 e. The molecular formula is C19H19N3O. The van der Waals surface area contributed by atoms with E-state index in [1.54, 1.807) is 17.0 Å². The summed E-state index contributed by atoms with van der Waals surface area (Å²) in [6.45, 7) is 4.64. The molecule has 2 aromatic carbocycles. The van der Waals surface area contributed by atoms with Crippen LogP contribution in [0.5, 0.6) is 0 Å². The topological polar surface area (TPSA) is 46.9 Å². The predicted molar refractivity (Wildman–Crippen MR) is 93.1 cm³/mol. The van der Waals surface area contributed by atoms with Crippen molar-refractivity contribution in [3.63, 3.8) is 0 Å². The van der Waals surface area contributed by atoms with E-state index in [4.69, 9.17) is 0 Å². The van der Waals surface area contributed by atoms with Crippen LogP contribution in [0.2, 0.25) is 0 Å². The van der Waals surface area contributed by atoms with Gasteiger partial charge in [0.25, 0.3) is 5.56 Å². The number of nitrogens with zero attached hydrogens (tertiary/aromatic N) is 2. The molecule has 4 heteroatoms. The van der Waals surface area contributed by atoms with Gasteiger partial charge in [-0.15, -0.1) is 0 Å². The van der Waals surface area contributed by atoms with Gasteiger partial charge in [0.05, 0.1) is 0 Å². The van der Waals surface area contributed by atoms with Crippen LogP contribution in [0.4, 0.5) is 5.82 Å². The van der Waals surface area contributed by atoms with Gasteiger partial charge in [0.1, 0.15) is 0 Å². The molecule has 0 saturated heterocycles. The first-order chi connectivity index (χ1) is 11.1. The Labute approximate surface area is 135 Å². The Morgan fingerprint density at radius 2 is 1.57 bits per heavy atom. The minimum Gasteiger partial charge on any atom is -0.361 e. The van der Waals surface area contributed by atoms with Gasteiger partial charge < -0.3 is 5.32 Å². The van der Waals surface area contributed by atoms with E-state index < -0.39 is 0 Å². The van der Waals surface area contributed by atoms with Crippen LogP contribution in [0.25, 0.3) is 5.69 Å². The van der Waals surface area contributed by atoms with Crippen molar-refractivity contribution in [1.82, 2.24) is 9.55 Å². The summed E-state index contributed by atoms with van der Waals surface area (Å²) in [5, 5.41) is 3.13. The summed E-state index contributed by atoms with van der Waals surface area (Å²) < 4.78 is 1.60. The largest absolute Gasteiger partial charge is 0.361 e. The van der Waals surface area contributed by atoms with Gasteiger partial charge >= 0.3 is 0 Å². The molecule has 1 N–H and O–H groups in total. The Morgan fingerprint density at radius 1 is 0.957 bits per heavy atom. The highest BCUT2D eigenvalue weighted by molar-refractivity contribution is 5.40. The van der Waals surface area contributed by atoms with Crippen molar-refractivity contribution in [2.45, 2.75) is 20.4 Å². The first-order valence-electron chi connectivity index (χ1n) is 7.57. The fourth-order valence-corrected chi connectivity index (χ4v) is 2.33. The van der Waals surface area contributed by atoms with E-state index in [9.17, 15) is 4.79 Å². The lowest BCUT2D eigenvalue weighted by Gasteiger charge is -2.09. The molecule has 0 aliphatic carbocycles.